The molecular formula is C11H25N3O4. The highest BCUT2D eigenvalue weighted by atomic mass is 16.4. The van der Waals surface area contributed by atoms with Crippen LogP contribution in [0.1, 0.15) is 26.7 Å². The minimum atomic E-state index is -1.05. The van der Waals surface area contributed by atoms with Crippen molar-refractivity contribution in [2.24, 2.45) is 16.3 Å². The monoisotopic (exact) mass is 263 g/mol. The van der Waals surface area contributed by atoms with Crippen LogP contribution >= 0.6 is 0 Å². The predicted octanol–water partition coefficient (Wildman–Crippen LogP) is -1.16. The normalized spacial score (nSPS) is 13.9. The highest BCUT2D eigenvalue weighted by molar-refractivity contribution is 5.85. The number of rotatable bonds is 9. The minimum Gasteiger partial charge on any atom is -0.409 e. The van der Waals surface area contributed by atoms with Gasteiger partial charge in [0.25, 0.3) is 0 Å². The quantitative estimate of drug-likeness (QED) is 0.102. The number of aliphatic hydroxyl groups is 3. The minimum absolute atomic E-state index is 0.167. The molecule has 0 atom stereocenters. The van der Waals surface area contributed by atoms with Crippen LogP contribution in [-0.2, 0) is 0 Å². The molecule has 0 aliphatic heterocycles. The number of hydrogen-bond donors (Lipinski definition) is 6. The molecule has 0 aromatic heterocycles. The van der Waals surface area contributed by atoms with E-state index in [1.54, 1.807) is 0 Å². The molecule has 0 amide bonds. The van der Waals surface area contributed by atoms with E-state index in [4.69, 9.17) is 26.3 Å². The lowest BCUT2D eigenvalue weighted by Gasteiger charge is -2.30. The highest BCUT2D eigenvalue weighted by Gasteiger charge is 2.28. The fourth-order valence-corrected chi connectivity index (χ4v) is 1.47. The van der Waals surface area contributed by atoms with Gasteiger partial charge in [-0.25, -0.2) is 0 Å². The van der Waals surface area contributed by atoms with E-state index in [0.717, 1.165) is 0 Å². The van der Waals surface area contributed by atoms with Crippen molar-refractivity contribution in [3.8, 4) is 0 Å². The first-order chi connectivity index (χ1) is 8.37. The van der Waals surface area contributed by atoms with E-state index in [0.29, 0.717) is 19.4 Å². The SMILES string of the molecule is CC(C)(CCCNC(CO)(CO)CO)C(N)=NO. The topological polar surface area (TPSA) is 131 Å². The van der Waals surface area contributed by atoms with Crippen molar-refractivity contribution in [2.75, 3.05) is 26.4 Å². The van der Waals surface area contributed by atoms with E-state index >= 15 is 0 Å². The maximum atomic E-state index is 9.11. The molecule has 108 valence electrons. The molecule has 7 N–H and O–H groups in total. The Balaban J connectivity index is 4.14. The summed E-state index contributed by atoms with van der Waals surface area (Å²) in [6.45, 7) is 3.19. The van der Waals surface area contributed by atoms with Crippen molar-refractivity contribution in [3.05, 3.63) is 0 Å². The molecule has 0 fully saturated rings. The van der Waals surface area contributed by atoms with Crippen molar-refractivity contribution in [3.63, 3.8) is 0 Å². The van der Waals surface area contributed by atoms with Crippen LogP contribution in [0.2, 0.25) is 0 Å². The van der Waals surface area contributed by atoms with E-state index < -0.39 is 11.0 Å². The van der Waals surface area contributed by atoms with Crippen molar-refractivity contribution < 1.29 is 20.5 Å². The molecule has 7 nitrogen and oxygen atoms in total. The molecular weight excluding hydrogens is 238 g/mol. The van der Waals surface area contributed by atoms with E-state index in [9.17, 15) is 0 Å². The average Bonchev–Trinajstić information content (AvgIpc) is 2.38. The maximum Gasteiger partial charge on any atom is 0.144 e. The van der Waals surface area contributed by atoms with Gasteiger partial charge in [0.1, 0.15) is 5.84 Å². The Morgan fingerprint density at radius 1 is 1.17 bits per heavy atom. The van der Waals surface area contributed by atoms with Gasteiger partial charge in [0.15, 0.2) is 0 Å². The number of oxime groups is 1. The zero-order valence-corrected chi connectivity index (χ0v) is 11.1. The van der Waals surface area contributed by atoms with Gasteiger partial charge in [-0.15, -0.1) is 0 Å². The van der Waals surface area contributed by atoms with E-state index in [1.807, 2.05) is 13.8 Å². The average molecular weight is 263 g/mol. The Morgan fingerprint density at radius 2 is 1.67 bits per heavy atom. The van der Waals surface area contributed by atoms with Crippen LogP contribution in [0.3, 0.4) is 0 Å². The summed E-state index contributed by atoms with van der Waals surface area (Å²) in [6, 6.07) is 0. The predicted molar refractivity (Wildman–Crippen MR) is 68.4 cm³/mol. The smallest absolute Gasteiger partial charge is 0.144 e. The molecule has 0 aliphatic carbocycles. The Hall–Kier alpha value is -0.890. The third-order valence-electron chi connectivity index (χ3n) is 3.19. The molecule has 0 radical (unpaired) electrons. The van der Waals surface area contributed by atoms with Gasteiger partial charge in [0, 0.05) is 5.41 Å². The number of nitrogens with zero attached hydrogens (tertiary/aromatic N) is 1. The summed E-state index contributed by atoms with van der Waals surface area (Å²) in [5, 5.41) is 41.8. The molecule has 0 spiro atoms. The molecule has 0 saturated carbocycles. The zero-order chi connectivity index (χ0) is 14.2. The van der Waals surface area contributed by atoms with Gasteiger partial charge < -0.3 is 31.6 Å². The molecule has 0 rings (SSSR count). The van der Waals surface area contributed by atoms with Crippen LogP contribution in [0.25, 0.3) is 0 Å². The van der Waals surface area contributed by atoms with Crippen LogP contribution in [0.4, 0.5) is 0 Å². The zero-order valence-electron chi connectivity index (χ0n) is 11.1. The summed E-state index contributed by atoms with van der Waals surface area (Å²) in [5.41, 5.74) is 4.08. The first kappa shape index (κ1) is 17.1. The fraction of sp³-hybridized carbons (Fsp3) is 0.909. The Morgan fingerprint density at radius 3 is 2.06 bits per heavy atom. The Bertz CT molecular complexity index is 257. The standard InChI is InChI=1S/C11H25N3O4/c1-10(2,9(12)14-18)4-3-5-13-11(6-15,7-16)8-17/h13,15-18H,3-8H2,1-2H3,(H2,12,14). The maximum absolute atomic E-state index is 9.11. The number of hydrogen-bond acceptors (Lipinski definition) is 6. The molecule has 0 saturated heterocycles. The van der Waals surface area contributed by atoms with Gasteiger partial charge in [0.2, 0.25) is 0 Å². The molecule has 0 heterocycles. The van der Waals surface area contributed by atoms with Crippen molar-refractivity contribution in [1.29, 1.82) is 0 Å². The third kappa shape index (κ3) is 4.77. The first-order valence-corrected chi connectivity index (χ1v) is 5.93. The molecule has 0 unspecified atom stereocenters. The summed E-state index contributed by atoms with van der Waals surface area (Å²) < 4.78 is 0. The molecule has 0 aliphatic rings. The molecule has 0 aromatic rings. The Kier molecular flexibility index (Phi) is 7.15. The summed E-state index contributed by atoms with van der Waals surface area (Å²) in [4.78, 5) is 0. The summed E-state index contributed by atoms with van der Waals surface area (Å²) in [5.74, 6) is 0.167. The van der Waals surface area contributed by atoms with Crippen molar-refractivity contribution >= 4 is 5.84 Å². The highest BCUT2D eigenvalue weighted by Crippen LogP contribution is 2.22. The second kappa shape index (κ2) is 7.52. The first-order valence-electron chi connectivity index (χ1n) is 5.93. The van der Waals surface area contributed by atoms with Crippen LogP contribution in [0, 0.1) is 5.41 Å². The van der Waals surface area contributed by atoms with Crippen molar-refractivity contribution in [1.82, 2.24) is 5.32 Å². The van der Waals surface area contributed by atoms with Gasteiger partial charge in [-0.2, -0.15) is 0 Å². The summed E-state index contributed by atoms with van der Waals surface area (Å²) in [6.07, 6.45) is 1.37. The third-order valence-corrected chi connectivity index (χ3v) is 3.19. The second-order valence-corrected chi connectivity index (χ2v) is 5.15. The number of amidine groups is 1. The van der Waals surface area contributed by atoms with E-state index in [-0.39, 0.29) is 25.7 Å². The number of nitrogens with two attached hydrogens (primary N) is 1. The number of nitrogens with one attached hydrogen (secondary N) is 1. The van der Waals surface area contributed by atoms with Gasteiger partial charge in [-0.1, -0.05) is 19.0 Å². The van der Waals surface area contributed by atoms with Crippen molar-refractivity contribution in [2.45, 2.75) is 32.2 Å². The number of aliphatic hydroxyl groups excluding tert-OH is 3. The Labute approximate surface area is 107 Å². The van der Waals surface area contributed by atoms with E-state index in [1.165, 1.54) is 0 Å². The fourth-order valence-electron chi connectivity index (χ4n) is 1.47. The molecule has 18 heavy (non-hydrogen) atoms. The van der Waals surface area contributed by atoms with Gasteiger partial charge in [-0.3, -0.25) is 0 Å². The molecule has 0 aromatic carbocycles. The van der Waals surface area contributed by atoms with Gasteiger partial charge >= 0.3 is 0 Å². The van der Waals surface area contributed by atoms with Gasteiger partial charge in [0.05, 0.1) is 25.4 Å². The van der Waals surface area contributed by atoms with E-state index in [2.05, 4.69) is 10.5 Å². The summed E-state index contributed by atoms with van der Waals surface area (Å²) >= 11 is 0. The van der Waals surface area contributed by atoms with Crippen LogP contribution in [0.15, 0.2) is 5.16 Å². The van der Waals surface area contributed by atoms with Crippen LogP contribution < -0.4 is 11.1 Å². The largest absolute Gasteiger partial charge is 0.409 e. The summed E-state index contributed by atoms with van der Waals surface area (Å²) in [7, 11) is 0. The molecule has 7 heteroatoms. The second-order valence-electron chi connectivity index (χ2n) is 5.15. The molecule has 0 bridgehead atoms. The van der Waals surface area contributed by atoms with Crippen LogP contribution in [0.5, 0.6) is 0 Å². The lowest BCUT2D eigenvalue weighted by Crippen LogP contribution is -2.55. The van der Waals surface area contributed by atoms with Crippen LogP contribution in [-0.4, -0.2) is 58.3 Å². The lowest BCUT2D eigenvalue weighted by atomic mass is 9.86. The lowest BCUT2D eigenvalue weighted by molar-refractivity contribution is 0.0423. The van der Waals surface area contributed by atoms with Gasteiger partial charge in [-0.05, 0) is 19.4 Å².